The summed E-state index contributed by atoms with van der Waals surface area (Å²) in [5.41, 5.74) is 1.12. The van der Waals surface area contributed by atoms with Crippen molar-refractivity contribution in [2.45, 2.75) is 13.3 Å². The zero-order valence-corrected chi connectivity index (χ0v) is 11.5. The number of para-hydroxylation sites is 1. The number of amides is 2. The number of carbonyl (C=O) groups excluding carboxylic acids is 1. The Labute approximate surface area is 119 Å². The number of urea groups is 1. The molecule has 0 saturated heterocycles. The molecule has 2 amide bonds. The van der Waals surface area contributed by atoms with Gasteiger partial charge in [-0.25, -0.2) is 14.6 Å². The van der Waals surface area contributed by atoms with Gasteiger partial charge in [-0.3, -0.25) is 5.32 Å². The third kappa shape index (κ3) is 3.33. The van der Waals surface area contributed by atoms with Crippen molar-refractivity contribution in [2.24, 2.45) is 0 Å². The first kappa shape index (κ1) is 14.0. The molecule has 1 aromatic carbocycles. The minimum absolute atomic E-state index is 0.155. The average molecular weight is 291 g/mol. The summed E-state index contributed by atoms with van der Waals surface area (Å²) in [6.07, 6.45) is 0.500. The van der Waals surface area contributed by atoms with Crippen LogP contribution in [0.5, 0.6) is 0 Å². The van der Waals surface area contributed by atoms with Gasteiger partial charge in [0, 0.05) is 5.69 Å². The largest absolute Gasteiger partial charge is 0.477 e. The van der Waals surface area contributed by atoms with Crippen molar-refractivity contribution in [3.8, 4) is 0 Å². The molecule has 1 heterocycles. The molecule has 7 heteroatoms. The van der Waals surface area contributed by atoms with Gasteiger partial charge in [0.1, 0.15) is 4.88 Å². The molecule has 2 rings (SSSR count). The van der Waals surface area contributed by atoms with E-state index in [1.165, 1.54) is 0 Å². The highest BCUT2D eigenvalue weighted by Crippen LogP contribution is 2.23. The van der Waals surface area contributed by atoms with E-state index in [2.05, 4.69) is 15.6 Å². The summed E-state index contributed by atoms with van der Waals surface area (Å²) in [7, 11) is 0. The van der Waals surface area contributed by atoms with Gasteiger partial charge in [-0.15, -0.1) is 0 Å². The third-order valence-corrected chi connectivity index (χ3v) is 3.48. The number of benzene rings is 1. The Balaban J connectivity index is 2.06. The lowest BCUT2D eigenvalue weighted by molar-refractivity contribution is 0.0700. The Morgan fingerprint density at radius 3 is 2.50 bits per heavy atom. The van der Waals surface area contributed by atoms with Gasteiger partial charge in [0.05, 0.1) is 5.69 Å². The molecule has 20 heavy (non-hydrogen) atoms. The first-order chi connectivity index (χ1) is 9.60. The first-order valence-corrected chi connectivity index (χ1v) is 6.78. The van der Waals surface area contributed by atoms with Crippen LogP contribution in [0.2, 0.25) is 0 Å². The van der Waals surface area contributed by atoms with Gasteiger partial charge >= 0.3 is 12.0 Å². The minimum atomic E-state index is -1.03. The van der Waals surface area contributed by atoms with E-state index in [0.29, 0.717) is 17.8 Å². The average Bonchev–Trinajstić information content (AvgIpc) is 2.83. The van der Waals surface area contributed by atoms with Crippen LogP contribution in [0.25, 0.3) is 0 Å². The Hall–Kier alpha value is -2.41. The number of aromatic nitrogens is 1. The molecule has 1 aromatic heterocycles. The number of carbonyl (C=O) groups is 2. The fraction of sp³-hybridized carbons (Fsp3) is 0.154. The van der Waals surface area contributed by atoms with E-state index >= 15 is 0 Å². The van der Waals surface area contributed by atoms with Crippen LogP contribution in [-0.4, -0.2) is 22.1 Å². The lowest BCUT2D eigenvalue weighted by Gasteiger charge is -2.04. The normalized spacial score (nSPS) is 10.1. The van der Waals surface area contributed by atoms with E-state index in [1.54, 1.807) is 24.3 Å². The van der Waals surface area contributed by atoms with Gasteiger partial charge in [0.2, 0.25) is 0 Å². The van der Waals surface area contributed by atoms with E-state index in [9.17, 15) is 9.59 Å². The lowest BCUT2D eigenvalue weighted by atomic mass is 10.3. The molecular weight excluding hydrogens is 278 g/mol. The standard InChI is InChI=1S/C13H13N3O3S/c1-2-9-10(11(17)18)20-13(15-9)16-12(19)14-8-6-4-3-5-7-8/h3-7H,2H2,1H3,(H,17,18)(H2,14,15,16,19). The van der Waals surface area contributed by atoms with Gasteiger partial charge in [-0.1, -0.05) is 36.5 Å². The number of carboxylic acids is 1. The van der Waals surface area contributed by atoms with E-state index in [1.807, 2.05) is 13.0 Å². The molecule has 0 atom stereocenters. The number of hydrogen-bond acceptors (Lipinski definition) is 4. The van der Waals surface area contributed by atoms with Crippen molar-refractivity contribution in [3.05, 3.63) is 40.9 Å². The number of aromatic carboxylic acids is 1. The number of thiazole rings is 1. The highest BCUT2D eigenvalue weighted by atomic mass is 32.1. The summed E-state index contributed by atoms with van der Waals surface area (Å²) in [4.78, 5) is 27.0. The zero-order valence-electron chi connectivity index (χ0n) is 10.7. The van der Waals surface area contributed by atoms with Crippen molar-refractivity contribution >= 4 is 34.2 Å². The van der Waals surface area contributed by atoms with Crippen molar-refractivity contribution in [1.29, 1.82) is 0 Å². The summed E-state index contributed by atoms with van der Waals surface area (Å²) in [5, 5.41) is 14.5. The molecule has 0 aliphatic carbocycles. The summed E-state index contributed by atoms with van der Waals surface area (Å²) in [6.45, 7) is 1.81. The molecule has 0 saturated carbocycles. The molecule has 6 nitrogen and oxygen atoms in total. The highest BCUT2D eigenvalue weighted by molar-refractivity contribution is 7.17. The van der Waals surface area contributed by atoms with Crippen molar-refractivity contribution in [3.63, 3.8) is 0 Å². The maximum Gasteiger partial charge on any atom is 0.347 e. The maximum atomic E-state index is 11.8. The quantitative estimate of drug-likeness (QED) is 0.807. The smallest absolute Gasteiger partial charge is 0.347 e. The SMILES string of the molecule is CCc1nc(NC(=O)Nc2ccccc2)sc1C(=O)O. The van der Waals surface area contributed by atoms with Crippen LogP contribution in [0, 0.1) is 0 Å². The van der Waals surface area contributed by atoms with E-state index in [0.717, 1.165) is 11.3 Å². The summed E-state index contributed by atoms with van der Waals surface area (Å²) < 4.78 is 0. The topological polar surface area (TPSA) is 91.3 Å². The van der Waals surface area contributed by atoms with Crippen molar-refractivity contribution in [1.82, 2.24) is 4.98 Å². The van der Waals surface area contributed by atoms with Crippen LogP contribution >= 0.6 is 11.3 Å². The monoisotopic (exact) mass is 291 g/mol. The predicted molar refractivity (Wildman–Crippen MR) is 77.5 cm³/mol. The van der Waals surface area contributed by atoms with Crippen LogP contribution in [0.1, 0.15) is 22.3 Å². The van der Waals surface area contributed by atoms with Gasteiger partial charge in [-0.05, 0) is 18.6 Å². The molecular formula is C13H13N3O3S. The number of nitrogens with one attached hydrogen (secondary N) is 2. The van der Waals surface area contributed by atoms with Crippen LogP contribution in [-0.2, 0) is 6.42 Å². The second kappa shape index (κ2) is 6.16. The predicted octanol–water partition coefficient (Wildman–Crippen LogP) is 3.05. The minimum Gasteiger partial charge on any atom is -0.477 e. The molecule has 0 unspecified atom stereocenters. The van der Waals surface area contributed by atoms with Crippen molar-refractivity contribution in [2.75, 3.05) is 10.6 Å². The van der Waals surface area contributed by atoms with E-state index in [-0.39, 0.29) is 10.0 Å². The van der Waals surface area contributed by atoms with E-state index < -0.39 is 12.0 Å². The molecule has 0 aliphatic heterocycles. The fourth-order valence-electron chi connectivity index (χ4n) is 1.59. The second-order valence-corrected chi connectivity index (χ2v) is 4.90. The van der Waals surface area contributed by atoms with Crippen LogP contribution < -0.4 is 10.6 Å². The summed E-state index contributed by atoms with van der Waals surface area (Å²) >= 11 is 0.948. The molecule has 0 fully saturated rings. The molecule has 0 radical (unpaired) electrons. The van der Waals surface area contributed by atoms with Gasteiger partial charge in [-0.2, -0.15) is 0 Å². The number of rotatable bonds is 4. The molecule has 0 bridgehead atoms. The second-order valence-electron chi connectivity index (χ2n) is 3.90. The Morgan fingerprint density at radius 1 is 1.25 bits per heavy atom. The van der Waals surface area contributed by atoms with Crippen LogP contribution in [0.4, 0.5) is 15.6 Å². The summed E-state index contributed by atoms with van der Waals surface area (Å²) in [6, 6.07) is 8.50. The van der Waals surface area contributed by atoms with E-state index in [4.69, 9.17) is 5.11 Å². The third-order valence-electron chi connectivity index (χ3n) is 2.48. The van der Waals surface area contributed by atoms with Crippen LogP contribution in [0.15, 0.2) is 30.3 Å². The zero-order chi connectivity index (χ0) is 14.5. The lowest BCUT2D eigenvalue weighted by Crippen LogP contribution is -2.19. The number of anilines is 2. The number of aryl methyl sites for hydroxylation is 1. The first-order valence-electron chi connectivity index (χ1n) is 5.96. The molecule has 0 aliphatic rings. The molecule has 2 aromatic rings. The van der Waals surface area contributed by atoms with Gasteiger partial charge < -0.3 is 10.4 Å². The Morgan fingerprint density at radius 2 is 1.95 bits per heavy atom. The molecule has 3 N–H and O–H groups in total. The fourth-order valence-corrected chi connectivity index (χ4v) is 2.48. The molecule has 0 spiro atoms. The number of carboxylic acid groups (broad SMARTS) is 1. The number of hydrogen-bond donors (Lipinski definition) is 3. The van der Waals surface area contributed by atoms with Crippen LogP contribution in [0.3, 0.4) is 0 Å². The Kier molecular flexibility index (Phi) is 4.31. The number of nitrogens with zero attached hydrogens (tertiary/aromatic N) is 1. The Bertz CT molecular complexity index is 625. The van der Waals surface area contributed by atoms with Crippen molar-refractivity contribution < 1.29 is 14.7 Å². The van der Waals surface area contributed by atoms with Gasteiger partial charge in [0.15, 0.2) is 5.13 Å². The highest BCUT2D eigenvalue weighted by Gasteiger charge is 2.17. The summed E-state index contributed by atoms with van der Waals surface area (Å²) in [5.74, 6) is -1.03. The molecule has 104 valence electrons. The van der Waals surface area contributed by atoms with Gasteiger partial charge in [0.25, 0.3) is 0 Å². The maximum absolute atomic E-state index is 11.8.